The molecular formula is C9H14BrNSe. The van der Waals surface area contributed by atoms with E-state index in [1.54, 1.807) is 5.57 Å². The quantitative estimate of drug-likeness (QED) is 0.720. The second-order valence-corrected chi connectivity index (χ2v) is 6.14. The van der Waals surface area contributed by atoms with Crippen molar-refractivity contribution in [3.05, 3.63) is 22.9 Å². The van der Waals surface area contributed by atoms with Gasteiger partial charge >= 0.3 is 88.5 Å². The van der Waals surface area contributed by atoms with E-state index in [1.807, 2.05) is 0 Å². The molecule has 0 aromatic carbocycles. The van der Waals surface area contributed by atoms with Crippen LogP contribution in [0.2, 0.25) is 0 Å². The van der Waals surface area contributed by atoms with E-state index >= 15 is 0 Å². The normalized spacial score (nSPS) is 20.8. The predicted molar refractivity (Wildman–Crippen MR) is 58.1 cm³/mol. The van der Waals surface area contributed by atoms with Crippen molar-refractivity contribution in [3.8, 4) is 0 Å². The zero-order valence-electron chi connectivity index (χ0n) is 7.67. The number of hydrogen-bond donors (Lipinski definition) is 0. The molecule has 1 aliphatic rings. The van der Waals surface area contributed by atoms with Crippen molar-refractivity contribution in [2.75, 3.05) is 14.1 Å². The SMILES string of the molecule is C[C@@H](C1=C([Se]Br)[CH][CH]C1)N(C)C. The monoisotopic (exact) mass is 295 g/mol. The molecule has 0 saturated carbocycles. The van der Waals surface area contributed by atoms with Gasteiger partial charge in [0.25, 0.3) is 0 Å². The summed E-state index contributed by atoms with van der Waals surface area (Å²) >= 11 is 4.04. The molecule has 0 bridgehead atoms. The van der Waals surface area contributed by atoms with Crippen molar-refractivity contribution in [2.45, 2.75) is 19.4 Å². The second-order valence-electron chi connectivity index (χ2n) is 3.21. The average molecular weight is 295 g/mol. The molecule has 1 nitrogen and oxygen atoms in total. The van der Waals surface area contributed by atoms with Crippen LogP contribution in [-0.4, -0.2) is 38.2 Å². The number of rotatable bonds is 3. The van der Waals surface area contributed by atoms with Crippen LogP contribution in [0.3, 0.4) is 0 Å². The van der Waals surface area contributed by atoms with Crippen LogP contribution in [0.5, 0.6) is 0 Å². The molecule has 0 aromatic rings. The molecule has 1 aliphatic carbocycles. The molecule has 0 spiro atoms. The van der Waals surface area contributed by atoms with Crippen LogP contribution >= 0.6 is 14.1 Å². The van der Waals surface area contributed by atoms with Crippen molar-refractivity contribution in [2.24, 2.45) is 0 Å². The number of halogens is 1. The molecule has 0 fully saturated rings. The van der Waals surface area contributed by atoms with Crippen LogP contribution in [0.25, 0.3) is 0 Å². The van der Waals surface area contributed by atoms with Gasteiger partial charge in [-0.05, 0) is 0 Å². The summed E-state index contributed by atoms with van der Waals surface area (Å²) in [5, 5.41) is 0. The van der Waals surface area contributed by atoms with Crippen molar-refractivity contribution in [1.82, 2.24) is 4.90 Å². The summed E-state index contributed by atoms with van der Waals surface area (Å²) < 4.78 is 1.52. The van der Waals surface area contributed by atoms with E-state index < -0.39 is 0 Å². The fourth-order valence-corrected chi connectivity index (χ4v) is 3.96. The number of allylic oxidation sites excluding steroid dienone is 1. The standard InChI is InChI=1S/C9H14BrNSe/c1-7(11(2)3)8-5-4-6-9(8)12-10/h4,6-7H,5H2,1-3H3/t7-/m0/s1. The summed E-state index contributed by atoms with van der Waals surface area (Å²) in [5.41, 5.74) is 1.58. The van der Waals surface area contributed by atoms with Gasteiger partial charge in [0.05, 0.1) is 0 Å². The molecule has 3 heteroatoms. The molecule has 2 radical (unpaired) electrons. The fourth-order valence-electron chi connectivity index (χ4n) is 1.26. The zero-order valence-corrected chi connectivity index (χ0v) is 11.0. The summed E-state index contributed by atoms with van der Waals surface area (Å²) in [6.07, 6.45) is 5.65. The first-order valence-corrected chi connectivity index (χ1v) is 8.88. The van der Waals surface area contributed by atoms with Gasteiger partial charge in [-0.3, -0.25) is 0 Å². The van der Waals surface area contributed by atoms with E-state index in [-0.39, 0.29) is 0 Å². The molecule has 0 heterocycles. The van der Waals surface area contributed by atoms with Gasteiger partial charge < -0.3 is 0 Å². The summed E-state index contributed by atoms with van der Waals surface area (Å²) in [4.78, 5) is 2.26. The van der Waals surface area contributed by atoms with Crippen molar-refractivity contribution < 1.29 is 0 Å². The Labute approximate surface area is 88.4 Å². The molecule has 0 N–H and O–H groups in total. The Morgan fingerprint density at radius 1 is 1.58 bits per heavy atom. The Bertz CT molecular complexity index is 189. The second kappa shape index (κ2) is 4.80. The summed E-state index contributed by atoms with van der Waals surface area (Å²) in [6.45, 7) is 2.26. The summed E-state index contributed by atoms with van der Waals surface area (Å²) in [6, 6.07) is 0.578. The Kier molecular flexibility index (Phi) is 4.31. The van der Waals surface area contributed by atoms with Gasteiger partial charge in [0.2, 0.25) is 0 Å². The zero-order chi connectivity index (χ0) is 9.14. The molecule has 0 amide bonds. The van der Waals surface area contributed by atoms with Crippen LogP contribution in [-0.2, 0) is 0 Å². The predicted octanol–water partition coefficient (Wildman–Crippen LogP) is 2.02. The third-order valence-electron chi connectivity index (χ3n) is 2.29. The van der Waals surface area contributed by atoms with Crippen LogP contribution in [0.4, 0.5) is 0 Å². The third kappa shape index (κ3) is 2.35. The summed E-state index contributed by atoms with van der Waals surface area (Å²) in [7, 11) is 4.27. The maximum absolute atomic E-state index is 3.57. The van der Waals surface area contributed by atoms with Crippen LogP contribution in [0.1, 0.15) is 13.3 Å². The minimum atomic E-state index is 0.472. The van der Waals surface area contributed by atoms with E-state index in [1.165, 1.54) is 4.47 Å². The Morgan fingerprint density at radius 3 is 2.75 bits per heavy atom. The van der Waals surface area contributed by atoms with E-state index in [9.17, 15) is 0 Å². The van der Waals surface area contributed by atoms with Crippen molar-refractivity contribution in [1.29, 1.82) is 0 Å². The number of nitrogens with zero attached hydrogens (tertiary/aromatic N) is 1. The number of likely N-dealkylation sites (N-methyl/N-ethyl adjacent to an activating group) is 1. The van der Waals surface area contributed by atoms with E-state index in [0.717, 1.165) is 6.42 Å². The van der Waals surface area contributed by atoms with Crippen LogP contribution in [0.15, 0.2) is 10.0 Å². The van der Waals surface area contributed by atoms with Gasteiger partial charge in [-0.15, -0.1) is 0 Å². The first kappa shape index (κ1) is 10.8. The van der Waals surface area contributed by atoms with E-state index in [0.29, 0.717) is 19.2 Å². The van der Waals surface area contributed by atoms with Crippen molar-refractivity contribution >= 4 is 27.3 Å². The molecule has 0 unspecified atom stereocenters. The molecule has 0 aliphatic heterocycles. The molecule has 1 rings (SSSR count). The Balaban J connectivity index is 2.71. The summed E-state index contributed by atoms with van der Waals surface area (Å²) in [5.74, 6) is 0. The van der Waals surface area contributed by atoms with Crippen LogP contribution in [0, 0.1) is 12.8 Å². The first-order chi connectivity index (χ1) is 5.66. The minimum absolute atomic E-state index is 0.472. The van der Waals surface area contributed by atoms with Gasteiger partial charge in [-0.25, -0.2) is 0 Å². The number of hydrogen-bond acceptors (Lipinski definition) is 1. The van der Waals surface area contributed by atoms with Gasteiger partial charge in [-0.1, -0.05) is 0 Å². The van der Waals surface area contributed by atoms with Gasteiger partial charge in [0.15, 0.2) is 0 Å². The average Bonchev–Trinajstić information content (AvgIpc) is 2.49. The topological polar surface area (TPSA) is 3.24 Å². The first-order valence-electron chi connectivity index (χ1n) is 4.01. The van der Waals surface area contributed by atoms with Gasteiger partial charge in [-0.2, -0.15) is 0 Å². The molecule has 0 aromatic heterocycles. The third-order valence-corrected chi connectivity index (χ3v) is 5.28. The fraction of sp³-hybridized carbons (Fsp3) is 0.556. The van der Waals surface area contributed by atoms with E-state index in [4.69, 9.17) is 0 Å². The molecule has 0 saturated heterocycles. The maximum atomic E-state index is 3.57. The molecule has 1 atom stereocenters. The molecule has 12 heavy (non-hydrogen) atoms. The van der Waals surface area contributed by atoms with Crippen LogP contribution < -0.4 is 0 Å². The van der Waals surface area contributed by atoms with E-state index in [2.05, 4.69) is 52.9 Å². The molecular weight excluding hydrogens is 281 g/mol. The van der Waals surface area contributed by atoms with Gasteiger partial charge in [0.1, 0.15) is 0 Å². The van der Waals surface area contributed by atoms with Gasteiger partial charge in [0, 0.05) is 0 Å². The Hall–Kier alpha value is 0.699. The van der Waals surface area contributed by atoms with Crippen molar-refractivity contribution in [3.63, 3.8) is 0 Å². The molecule has 68 valence electrons. The Morgan fingerprint density at radius 2 is 2.25 bits per heavy atom.